The van der Waals surface area contributed by atoms with E-state index in [1.807, 2.05) is 43.8 Å². The number of likely N-dealkylation sites (tertiary alicyclic amines) is 1. The Morgan fingerprint density at radius 1 is 1.19 bits per heavy atom. The van der Waals surface area contributed by atoms with Crippen LogP contribution in [0.4, 0.5) is 4.79 Å². The van der Waals surface area contributed by atoms with Gasteiger partial charge in [0.2, 0.25) is 0 Å². The number of aromatic nitrogens is 4. The number of hydrogen-bond donors (Lipinski definition) is 0. The van der Waals surface area contributed by atoms with E-state index in [-0.39, 0.29) is 18.1 Å². The van der Waals surface area contributed by atoms with Crippen molar-refractivity contribution in [1.29, 1.82) is 0 Å². The fourth-order valence-corrected chi connectivity index (χ4v) is 4.34. The zero-order valence-electron chi connectivity index (χ0n) is 18.8. The van der Waals surface area contributed by atoms with Crippen LogP contribution in [-0.2, 0) is 9.47 Å². The lowest BCUT2D eigenvalue weighted by Gasteiger charge is -2.32. The van der Waals surface area contributed by atoms with Crippen LogP contribution in [0.15, 0.2) is 28.9 Å². The van der Waals surface area contributed by atoms with Gasteiger partial charge in [-0.1, -0.05) is 11.2 Å². The summed E-state index contributed by atoms with van der Waals surface area (Å²) >= 11 is 0. The van der Waals surface area contributed by atoms with Gasteiger partial charge in [0, 0.05) is 36.6 Å². The van der Waals surface area contributed by atoms with Gasteiger partial charge in [-0.25, -0.2) is 4.79 Å². The summed E-state index contributed by atoms with van der Waals surface area (Å²) < 4.78 is 18.7. The maximum Gasteiger partial charge on any atom is 0.410 e. The molecule has 1 aromatic carbocycles. The Bertz CT molecular complexity index is 1100. The van der Waals surface area contributed by atoms with Crippen molar-refractivity contribution in [2.75, 3.05) is 26.3 Å². The largest absolute Gasteiger partial charge is 0.444 e. The number of piperidine rings is 1. The standard InChI is InChI=1S/C23H29N5O4/c1-23(2,3)31-22(29)27-9-6-15(7-10-27)20-25-21(32-26-20)16-4-5-17-13-24-28(19(17)12-16)18-8-11-30-14-18/h4-5,12-13,15,18H,6-11,14H2,1-3H3/t18-/m0/s1. The van der Waals surface area contributed by atoms with Crippen LogP contribution in [0.1, 0.15) is 57.8 Å². The fourth-order valence-electron chi connectivity index (χ4n) is 4.34. The van der Waals surface area contributed by atoms with Gasteiger partial charge >= 0.3 is 6.09 Å². The molecule has 1 amide bonds. The quantitative estimate of drug-likeness (QED) is 0.604. The zero-order chi connectivity index (χ0) is 22.3. The minimum Gasteiger partial charge on any atom is -0.444 e. The Kier molecular flexibility index (Phi) is 5.36. The van der Waals surface area contributed by atoms with E-state index in [1.54, 1.807) is 4.90 Å². The number of rotatable bonds is 3. The van der Waals surface area contributed by atoms with Crippen molar-refractivity contribution in [2.45, 2.75) is 57.6 Å². The lowest BCUT2D eigenvalue weighted by molar-refractivity contribution is 0.0203. The molecule has 0 bridgehead atoms. The highest BCUT2D eigenvalue weighted by Crippen LogP contribution is 2.31. The summed E-state index contributed by atoms with van der Waals surface area (Å²) in [5.41, 5.74) is 1.43. The molecule has 170 valence electrons. The molecular weight excluding hydrogens is 410 g/mol. The third-order valence-corrected chi connectivity index (χ3v) is 6.05. The highest BCUT2D eigenvalue weighted by molar-refractivity contribution is 5.83. The molecule has 9 nitrogen and oxygen atoms in total. The van der Waals surface area contributed by atoms with Crippen LogP contribution >= 0.6 is 0 Å². The number of benzene rings is 1. The maximum absolute atomic E-state index is 12.3. The lowest BCUT2D eigenvalue weighted by atomic mass is 9.96. The number of fused-ring (bicyclic) bond motifs is 1. The normalized spacial score (nSPS) is 20.2. The first-order chi connectivity index (χ1) is 15.4. The molecule has 4 heterocycles. The Hall–Kier alpha value is -2.94. The molecule has 0 radical (unpaired) electrons. The van der Waals surface area contributed by atoms with Gasteiger partial charge in [-0.2, -0.15) is 10.1 Å². The molecule has 32 heavy (non-hydrogen) atoms. The molecule has 2 aliphatic heterocycles. The van der Waals surface area contributed by atoms with Crippen molar-refractivity contribution in [1.82, 2.24) is 24.8 Å². The Balaban J connectivity index is 1.29. The van der Waals surface area contributed by atoms with E-state index >= 15 is 0 Å². The van der Waals surface area contributed by atoms with Crippen LogP contribution in [-0.4, -0.2) is 62.8 Å². The van der Waals surface area contributed by atoms with Crippen molar-refractivity contribution in [3.8, 4) is 11.5 Å². The van der Waals surface area contributed by atoms with Crippen molar-refractivity contribution in [2.24, 2.45) is 0 Å². The molecule has 1 atom stereocenters. The minimum atomic E-state index is -0.488. The average molecular weight is 440 g/mol. The van der Waals surface area contributed by atoms with E-state index in [1.165, 1.54) is 0 Å². The first-order valence-electron chi connectivity index (χ1n) is 11.2. The van der Waals surface area contributed by atoms with Crippen molar-refractivity contribution >= 4 is 17.0 Å². The van der Waals surface area contributed by atoms with Crippen LogP contribution in [0.2, 0.25) is 0 Å². The summed E-state index contributed by atoms with van der Waals surface area (Å²) in [6.45, 7) is 8.34. The van der Waals surface area contributed by atoms with Gasteiger partial charge in [0.1, 0.15) is 5.60 Å². The van der Waals surface area contributed by atoms with E-state index in [2.05, 4.69) is 21.3 Å². The molecule has 0 saturated carbocycles. The number of carbonyl (C=O) groups excluding carboxylic acids is 1. The van der Waals surface area contributed by atoms with E-state index in [9.17, 15) is 4.79 Å². The van der Waals surface area contributed by atoms with Gasteiger partial charge in [0.25, 0.3) is 5.89 Å². The lowest BCUT2D eigenvalue weighted by Crippen LogP contribution is -2.41. The summed E-state index contributed by atoms with van der Waals surface area (Å²) in [5, 5.41) is 9.89. The van der Waals surface area contributed by atoms with E-state index in [4.69, 9.17) is 14.0 Å². The molecular formula is C23H29N5O4. The van der Waals surface area contributed by atoms with E-state index in [0.717, 1.165) is 42.3 Å². The third kappa shape index (κ3) is 4.21. The van der Waals surface area contributed by atoms with E-state index < -0.39 is 5.60 Å². The molecule has 3 aromatic rings. The molecule has 0 aliphatic carbocycles. The fraction of sp³-hybridized carbons (Fsp3) is 0.565. The monoisotopic (exact) mass is 439 g/mol. The topological polar surface area (TPSA) is 95.5 Å². The number of nitrogens with zero attached hydrogens (tertiary/aromatic N) is 5. The number of carbonyl (C=O) groups is 1. The molecule has 2 aromatic heterocycles. The molecule has 2 aliphatic rings. The molecule has 0 N–H and O–H groups in total. The molecule has 2 saturated heterocycles. The summed E-state index contributed by atoms with van der Waals surface area (Å²) in [5.74, 6) is 1.37. The molecule has 5 rings (SSSR count). The van der Waals surface area contributed by atoms with Crippen LogP contribution in [0, 0.1) is 0 Å². The van der Waals surface area contributed by atoms with Gasteiger partial charge < -0.3 is 18.9 Å². The summed E-state index contributed by atoms with van der Waals surface area (Å²) in [4.78, 5) is 18.7. The molecule has 0 unspecified atom stereocenters. The van der Waals surface area contributed by atoms with Gasteiger partial charge in [0.05, 0.1) is 24.4 Å². The molecule has 9 heteroatoms. The van der Waals surface area contributed by atoms with Crippen molar-refractivity contribution in [3.63, 3.8) is 0 Å². The minimum absolute atomic E-state index is 0.163. The van der Waals surface area contributed by atoms with Crippen LogP contribution in [0.3, 0.4) is 0 Å². The Morgan fingerprint density at radius 2 is 2.00 bits per heavy atom. The third-order valence-electron chi connectivity index (χ3n) is 6.05. The first-order valence-corrected chi connectivity index (χ1v) is 11.2. The van der Waals surface area contributed by atoms with Crippen LogP contribution in [0.25, 0.3) is 22.4 Å². The number of ether oxygens (including phenoxy) is 2. The molecule has 2 fully saturated rings. The average Bonchev–Trinajstić information content (AvgIpc) is 3.52. The highest BCUT2D eigenvalue weighted by atomic mass is 16.6. The second-order valence-electron chi connectivity index (χ2n) is 9.58. The van der Waals surface area contributed by atoms with Gasteiger partial charge in [-0.3, -0.25) is 4.68 Å². The molecule has 0 spiro atoms. The zero-order valence-corrected chi connectivity index (χ0v) is 18.8. The maximum atomic E-state index is 12.3. The van der Waals surface area contributed by atoms with Crippen LogP contribution in [0.5, 0.6) is 0 Å². The second kappa shape index (κ2) is 8.20. The summed E-state index contributed by atoms with van der Waals surface area (Å²) in [6, 6.07) is 6.34. The number of hydrogen-bond acceptors (Lipinski definition) is 7. The van der Waals surface area contributed by atoms with Gasteiger partial charge in [-0.15, -0.1) is 0 Å². The first kappa shape index (κ1) is 20.9. The summed E-state index contributed by atoms with van der Waals surface area (Å²) in [6.07, 6.45) is 4.16. The Morgan fingerprint density at radius 3 is 2.72 bits per heavy atom. The number of amides is 1. The van der Waals surface area contributed by atoms with E-state index in [0.29, 0.717) is 31.4 Å². The SMILES string of the molecule is CC(C)(C)OC(=O)N1CCC(c2noc(-c3ccc4cnn([C@H]5CCOC5)c4c3)n2)CC1. The second-order valence-corrected chi connectivity index (χ2v) is 9.58. The predicted molar refractivity (Wildman–Crippen MR) is 117 cm³/mol. The van der Waals surface area contributed by atoms with Crippen molar-refractivity contribution < 1.29 is 18.8 Å². The van der Waals surface area contributed by atoms with Crippen molar-refractivity contribution in [3.05, 3.63) is 30.2 Å². The highest BCUT2D eigenvalue weighted by Gasteiger charge is 2.30. The van der Waals surface area contributed by atoms with Gasteiger partial charge in [0.15, 0.2) is 5.82 Å². The summed E-state index contributed by atoms with van der Waals surface area (Å²) in [7, 11) is 0. The Labute approximate surface area is 186 Å². The van der Waals surface area contributed by atoms with Crippen LogP contribution < -0.4 is 0 Å². The van der Waals surface area contributed by atoms with Gasteiger partial charge in [-0.05, 0) is 52.2 Å². The smallest absolute Gasteiger partial charge is 0.410 e. The predicted octanol–water partition coefficient (Wildman–Crippen LogP) is 4.16.